The van der Waals surface area contributed by atoms with Crippen LogP contribution >= 0.6 is 11.3 Å². The van der Waals surface area contributed by atoms with E-state index in [1.807, 2.05) is 6.20 Å². The van der Waals surface area contributed by atoms with E-state index in [4.69, 9.17) is 0 Å². The molecular weight excluding hydrogens is 242 g/mol. The molecule has 0 fully saturated rings. The highest BCUT2D eigenvalue weighted by atomic mass is 32.1. The van der Waals surface area contributed by atoms with Crippen LogP contribution in [0.2, 0.25) is 0 Å². The maximum absolute atomic E-state index is 4.35. The molecule has 96 valence electrons. The number of aromatic nitrogens is 1. The van der Waals surface area contributed by atoms with Crippen LogP contribution in [0.15, 0.2) is 30.5 Å². The lowest BCUT2D eigenvalue weighted by Crippen LogP contribution is -2.15. The van der Waals surface area contributed by atoms with E-state index >= 15 is 0 Å². The van der Waals surface area contributed by atoms with Crippen molar-refractivity contribution in [2.24, 2.45) is 0 Å². The highest BCUT2D eigenvalue weighted by molar-refractivity contribution is 7.15. The monoisotopic (exact) mass is 261 g/mol. The van der Waals surface area contributed by atoms with Gasteiger partial charge in [0, 0.05) is 30.4 Å². The van der Waals surface area contributed by atoms with Crippen LogP contribution in [0.1, 0.15) is 17.4 Å². The third-order valence-electron chi connectivity index (χ3n) is 2.75. The van der Waals surface area contributed by atoms with Crippen LogP contribution in [-0.2, 0) is 6.54 Å². The highest BCUT2D eigenvalue weighted by Gasteiger charge is 2.05. The second-order valence-corrected chi connectivity index (χ2v) is 5.47. The zero-order valence-corrected chi connectivity index (χ0v) is 11.9. The standard InChI is InChI=1S/C14H19N3S/c1-4-15-14-16-9-13(18-14)10-17(3)12-7-5-11(2)6-8-12/h5-9H,4,10H2,1-3H3,(H,15,16). The Morgan fingerprint density at radius 1 is 1.28 bits per heavy atom. The van der Waals surface area contributed by atoms with Gasteiger partial charge in [0.25, 0.3) is 0 Å². The molecule has 0 amide bonds. The molecule has 0 unspecified atom stereocenters. The predicted molar refractivity (Wildman–Crippen MR) is 79.6 cm³/mol. The summed E-state index contributed by atoms with van der Waals surface area (Å²) in [7, 11) is 2.11. The van der Waals surface area contributed by atoms with E-state index in [1.165, 1.54) is 16.1 Å². The van der Waals surface area contributed by atoms with Crippen LogP contribution in [0.25, 0.3) is 0 Å². The second-order valence-electron chi connectivity index (χ2n) is 4.35. The largest absolute Gasteiger partial charge is 0.369 e. The van der Waals surface area contributed by atoms with Gasteiger partial charge in [0.15, 0.2) is 5.13 Å². The highest BCUT2D eigenvalue weighted by Crippen LogP contribution is 2.22. The normalized spacial score (nSPS) is 10.4. The minimum atomic E-state index is 0.895. The van der Waals surface area contributed by atoms with Crippen LogP contribution in [0.4, 0.5) is 10.8 Å². The first-order chi connectivity index (χ1) is 8.69. The summed E-state index contributed by atoms with van der Waals surface area (Å²) in [5, 5.41) is 4.24. The Morgan fingerprint density at radius 3 is 2.67 bits per heavy atom. The summed E-state index contributed by atoms with van der Waals surface area (Å²) in [6.45, 7) is 6.00. The molecule has 1 heterocycles. The zero-order valence-electron chi connectivity index (χ0n) is 11.1. The van der Waals surface area contributed by atoms with Gasteiger partial charge in [-0.25, -0.2) is 4.98 Å². The van der Waals surface area contributed by atoms with E-state index < -0.39 is 0 Å². The van der Waals surface area contributed by atoms with Gasteiger partial charge in [-0.05, 0) is 26.0 Å². The van der Waals surface area contributed by atoms with Crippen molar-refractivity contribution in [1.29, 1.82) is 0 Å². The van der Waals surface area contributed by atoms with E-state index in [-0.39, 0.29) is 0 Å². The molecule has 2 rings (SSSR count). The van der Waals surface area contributed by atoms with Crippen molar-refractivity contribution < 1.29 is 0 Å². The Labute approximate surface area is 112 Å². The molecule has 0 aliphatic rings. The smallest absolute Gasteiger partial charge is 0.182 e. The molecule has 0 atom stereocenters. The van der Waals surface area contributed by atoms with Crippen molar-refractivity contribution >= 4 is 22.2 Å². The summed E-state index contributed by atoms with van der Waals surface area (Å²) in [6, 6.07) is 8.59. The number of anilines is 2. The van der Waals surface area contributed by atoms with Gasteiger partial charge in [-0.1, -0.05) is 17.7 Å². The van der Waals surface area contributed by atoms with Crippen LogP contribution in [0.3, 0.4) is 0 Å². The third-order valence-corrected chi connectivity index (χ3v) is 3.69. The zero-order chi connectivity index (χ0) is 13.0. The molecular formula is C14H19N3S. The molecule has 2 aromatic rings. The molecule has 18 heavy (non-hydrogen) atoms. The lowest BCUT2D eigenvalue weighted by Gasteiger charge is -2.18. The van der Waals surface area contributed by atoms with Crippen molar-refractivity contribution in [2.45, 2.75) is 20.4 Å². The van der Waals surface area contributed by atoms with E-state index in [2.05, 4.69) is 60.4 Å². The van der Waals surface area contributed by atoms with Crippen LogP contribution in [-0.4, -0.2) is 18.6 Å². The fourth-order valence-corrected chi connectivity index (χ4v) is 2.67. The van der Waals surface area contributed by atoms with Gasteiger partial charge >= 0.3 is 0 Å². The van der Waals surface area contributed by atoms with Gasteiger partial charge in [-0.2, -0.15) is 0 Å². The minimum absolute atomic E-state index is 0.895. The molecule has 4 heteroatoms. The van der Waals surface area contributed by atoms with Gasteiger partial charge in [0.2, 0.25) is 0 Å². The predicted octanol–water partition coefficient (Wildman–Crippen LogP) is 3.52. The molecule has 0 saturated carbocycles. The van der Waals surface area contributed by atoms with E-state index in [0.717, 1.165) is 18.2 Å². The summed E-state index contributed by atoms with van der Waals surface area (Å²) in [5.74, 6) is 0. The van der Waals surface area contributed by atoms with Gasteiger partial charge in [0.05, 0.1) is 6.54 Å². The maximum Gasteiger partial charge on any atom is 0.182 e. The van der Waals surface area contributed by atoms with Gasteiger partial charge < -0.3 is 10.2 Å². The molecule has 0 spiro atoms. The molecule has 3 nitrogen and oxygen atoms in total. The summed E-state index contributed by atoms with van der Waals surface area (Å²) in [5.41, 5.74) is 2.53. The lowest BCUT2D eigenvalue weighted by atomic mass is 10.2. The number of benzene rings is 1. The summed E-state index contributed by atoms with van der Waals surface area (Å²) in [6.07, 6.45) is 1.95. The Balaban J connectivity index is 2.01. The second kappa shape index (κ2) is 5.87. The van der Waals surface area contributed by atoms with E-state index in [9.17, 15) is 0 Å². The number of aryl methyl sites for hydroxylation is 1. The van der Waals surface area contributed by atoms with Crippen LogP contribution < -0.4 is 10.2 Å². The van der Waals surface area contributed by atoms with Gasteiger partial charge in [-0.15, -0.1) is 11.3 Å². The summed E-state index contributed by atoms with van der Waals surface area (Å²) in [4.78, 5) is 7.86. The minimum Gasteiger partial charge on any atom is -0.369 e. The van der Waals surface area contributed by atoms with E-state index in [0.29, 0.717) is 0 Å². The number of rotatable bonds is 5. The van der Waals surface area contributed by atoms with Gasteiger partial charge in [0.1, 0.15) is 0 Å². The fourth-order valence-electron chi connectivity index (χ4n) is 1.74. The first-order valence-corrected chi connectivity index (χ1v) is 6.97. The van der Waals surface area contributed by atoms with Crippen LogP contribution in [0.5, 0.6) is 0 Å². The number of thiazole rings is 1. The average Bonchev–Trinajstić information content (AvgIpc) is 2.78. The number of nitrogens with zero attached hydrogens (tertiary/aromatic N) is 2. The molecule has 0 aliphatic carbocycles. The Morgan fingerprint density at radius 2 is 2.00 bits per heavy atom. The third kappa shape index (κ3) is 3.23. The van der Waals surface area contributed by atoms with Crippen molar-refractivity contribution in [1.82, 2.24) is 4.98 Å². The molecule has 0 aliphatic heterocycles. The Kier molecular flexibility index (Phi) is 4.20. The lowest BCUT2D eigenvalue weighted by molar-refractivity contribution is 0.936. The fraction of sp³-hybridized carbons (Fsp3) is 0.357. The first kappa shape index (κ1) is 12.9. The molecule has 1 aromatic carbocycles. The summed E-state index contributed by atoms with van der Waals surface area (Å²) < 4.78 is 0. The maximum atomic E-state index is 4.35. The number of nitrogens with one attached hydrogen (secondary N) is 1. The van der Waals surface area contributed by atoms with Crippen molar-refractivity contribution in [3.8, 4) is 0 Å². The van der Waals surface area contributed by atoms with Gasteiger partial charge in [-0.3, -0.25) is 0 Å². The SMILES string of the molecule is CCNc1ncc(CN(C)c2ccc(C)cc2)s1. The van der Waals surface area contributed by atoms with Crippen molar-refractivity contribution in [2.75, 3.05) is 23.8 Å². The average molecular weight is 261 g/mol. The van der Waals surface area contributed by atoms with Crippen molar-refractivity contribution in [3.63, 3.8) is 0 Å². The Hall–Kier alpha value is -1.55. The molecule has 1 aromatic heterocycles. The van der Waals surface area contributed by atoms with Crippen LogP contribution in [0, 0.1) is 6.92 Å². The molecule has 0 saturated heterocycles. The first-order valence-electron chi connectivity index (χ1n) is 6.15. The molecule has 0 radical (unpaired) electrons. The number of hydrogen-bond donors (Lipinski definition) is 1. The summed E-state index contributed by atoms with van der Waals surface area (Å²) >= 11 is 1.72. The van der Waals surface area contributed by atoms with E-state index in [1.54, 1.807) is 11.3 Å². The van der Waals surface area contributed by atoms with Crippen molar-refractivity contribution in [3.05, 3.63) is 40.9 Å². The Bertz CT molecular complexity index is 490. The quantitative estimate of drug-likeness (QED) is 0.892. The molecule has 1 N–H and O–H groups in total. The topological polar surface area (TPSA) is 28.2 Å². The number of hydrogen-bond acceptors (Lipinski definition) is 4. The molecule has 0 bridgehead atoms.